The lowest BCUT2D eigenvalue weighted by molar-refractivity contribution is 0.102. The average Bonchev–Trinajstić information content (AvgIpc) is 3.07. The van der Waals surface area contributed by atoms with E-state index in [2.05, 4.69) is 35.5 Å². The summed E-state index contributed by atoms with van der Waals surface area (Å²) in [5.74, 6) is 0.715. The molecule has 118 valence electrons. The molecular formula is C17H28N2OS. The van der Waals surface area contributed by atoms with E-state index in [-0.39, 0.29) is 0 Å². The molecule has 0 saturated carbocycles. The third-order valence-electron chi connectivity index (χ3n) is 4.68. The molecule has 21 heavy (non-hydrogen) atoms. The van der Waals surface area contributed by atoms with Crippen molar-refractivity contribution in [2.45, 2.75) is 33.2 Å². The van der Waals surface area contributed by atoms with Crippen molar-refractivity contribution >= 4 is 11.3 Å². The van der Waals surface area contributed by atoms with Crippen LogP contribution in [0.25, 0.3) is 0 Å². The Labute approximate surface area is 132 Å². The van der Waals surface area contributed by atoms with Crippen LogP contribution in [-0.2, 0) is 17.7 Å². The Morgan fingerprint density at radius 2 is 2.38 bits per heavy atom. The number of nitrogens with zero attached hydrogens (tertiary/aromatic N) is 1. The Kier molecular flexibility index (Phi) is 4.99. The van der Waals surface area contributed by atoms with E-state index in [1.807, 2.05) is 11.3 Å². The number of nitrogens with one attached hydrogen (secondary N) is 1. The molecule has 1 N–H and O–H groups in total. The van der Waals surface area contributed by atoms with Gasteiger partial charge in [0.1, 0.15) is 0 Å². The van der Waals surface area contributed by atoms with Gasteiger partial charge in [0.25, 0.3) is 0 Å². The van der Waals surface area contributed by atoms with Crippen LogP contribution in [-0.4, -0.2) is 44.3 Å². The molecule has 3 nitrogen and oxygen atoms in total. The molecule has 1 unspecified atom stereocenters. The lowest BCUT2D eigenvalue weighted by atomic mass is 9.85. The maximum absolute atomic E-state index is 5.75. The van der Waals surface area contributed by atoms with Gasteiger partial charge < -0.3 is 10.1 Å². The molecule has 0 bridgehead atoms. The second kappa shape index (κ2) is 6.78. The minimum atomic E-state index is 0.322. The predicted molar refractivity (Wildman–Crippen MR) is 88.9 cm³/mol. The third kappa shape index (κ3) is 3.86. The third-order valence-corrected chi connectivity index (χ3v) is 5.71. The highest BCUT2D eigenvalue weighted by Gasteiger charge is 2.37. The van der Waals surface area contributed by atoms with E-state index in [4.69, 9.17) is 4.74 Å². The number of ether oxygens (including phenoxy) is 1. The fourth-order valence-electron chi connectivity index (χ4n) is 3.51. The molecule has 2 aliphatic rings. The van der Waals surface area contributed by atoms with Crippen LogP contribution in [0.5, 0.6) is 0 Å². The second-order valence-electron chi connectivity index (χ2n) is 7.16. The highest BCUT2D eigenvalue weighted by Crippen LogP contribution is 2.32. The molecule has 3 rings (SSSR count). The van der Waals surface area contributed by atoms with Gasteiger partial charge in [0.15, 0.2) is 0 Å². The molecule has 0 amide bonds. The van der Waals surface area contributed by atoms with E-state index in [9.17, 15) is 0 Å². The van der Waals surface area contributed by atoms with Crippen LogP contribution in [0.4, 0.5) is 0 Å². The van der Waals surface area contributed by atoms with Crippen LogP contribution < -0.4 is 5.32 Å². The molecule has 1 saturated heterocycles. The van der Waals surface area contributed by atoms with Gasteiger partial charge in [-0.3, -0.25) is 4.90 Å². The summed E-state index contributed by atoms with van der Waals surface area (Å²) in [6, 6.07) is 2.31. The van der Waals surface area contributed by atoms with Gasteiger partial charge in [0, 0.05) is 43.1 Å². The maximum Gasteiger partial charge on any atom is 0.0547 e. The molecule has 1 aromatic heterocycles. The van der Waals surface area contributed by atoms with Crippen LogP contribution >= 0.6 is 11.3 Å². The lowest BCUT2D eigenvalue weighted by Gasteiger charge is -2.36. The molecule has 0 aliphatic carbocycles. The summed E-state index contributed by atoms with van der Waals surface area (Å²) < 4.78 is 5.75. The van der Waals surface area contributed by atoms with Gasteiger partial charge in [0.05, 0.1) is 6.61 Å². The fraction of sp³-hybridized carbons (Fsp3) is 0.765. The SMILES string of the molecule is CC(C)CNCC1(CN2CCc3sccc3C2)CCOC1. The first-order valence-corrected chi connectivity index (χ1v) is 9.11. The number of rotatable bonds is 6. The summed E-state index contributed by atoms with van der Waals surface area (Å²) in [7, 11) is 0. The van der Waals surface area contributed by atoms with E-state index < -0.39 is 0 Å². The predicted octanol–water partition coefficient (Wildman–Crippen LogP) is 2.76. The molecular weight excluding hydrogens is 280 g/mol. The smallest absolute Gasteiger partial charge is 0.0547 e. The van der Waals surface area contributed by atoms with E-state index in [0.717, 1.165) is 32.8 Å². The summed E-state index contributed by atoms with van der Waals surface area (Å²) in [5.41, 5.74) is 1.87. The van der Waals surface area contributed by atoms with Crippen LogP contribution in [0, 0.1) is 11.3 Å². The first kappa shape index (κ1) is 15.5. The van der Waals surface area contributed by atoms with Crippen LogP contribution in [0.15, 0.2) is 11.4 Å². The van der Waals surface area contributed by atoms with E-state index in [1.165, 1.54) is 25.9 Å². The first-order valence-electron chi connectivity index (χ1n) is 8.23. The summed E-state index contributed by atoms with van der Waals surface area (Å²) in [6.45, 7) is 12.1. The molecule has 1 aromatic rings. The molecule has 2 aliphatic heterocycles. The maximum atomic E-state index is 5.75. The van der Waals surface area contributed by atoms with Crippen molar-refractivity contribution in [1.29, 1.82) is 0 Å². The Morgan fingerprint density at radius 1 is 1.48 bits per heavy atom. The molecule has 3 heterocycles. The van der Waals surface area contributed by atoms with E-state index in [1.54, 1.807) is 10.4 Å². The zero-order valence-electron chi connectivity index (χ0n) is 13.4. The highest BCUT2D eigenvalue weighted by atomic mass is 32.1. The molecule has 1 fully saturated rings. The second-order valence-corrected chi connectivity index (χ2v) is 8.16. The Balaban J connectivity index is 1.58. The van der Waals surface area contributed by atoms with Gasteiger partial charge in [0.2, 0.25) is 0 Å². The van der Waals surface area contributed by atoms with Gasteiger partial charge in [-0.25, -0.2) is 0 Å². The standard InChI is InChI=1S/C17H28N2OS/c1-14(2)9-18-11-17(5-7-20-13-17)12-19-6-3-16-15(10-19)4-8-21-16/h4,8,14,18H,3,5-7,9-13H2,1-2H3. The van der Waals surface area contributed by atoms with E-state index >= 15 is 0 Å². The molecule has 0 spiro atoms. The Bertz CT molecular complexity index is 451. The molecule has 0 radical (unpaired) electrons. The minimum Gasteiger partial charge on any atom is -0.381 e. The Morgan fingerprint density at radius 3 is 3.14 bits per heavy atom. The van der Waals surface area contributed by atoms with Crippen molar-refractivity contribution in [3.63, 3.8) is 0 Å². The van der Waals surface area contributed by atoms with Crippen LogP contribution in [0.2, 0.25) is 0 Å². The zero-order valence-corrected chi connectivity index (χ0v) is 14.2. The minimum absolute atomic E-state index is 0.322. The van der Waals surface area contributed by atoms with Crippen molar-refractivity contribution in [1.82, 2.24) is 10.2 Å². The van der Waals surface area contributed by atoms with Crippen molar-refractivity contribution in [3.8, 4) is 0 Å². The zero-order chi connectivity index (χ0) is 14.7. The largest absolute Gasteiger partial charge is 0.381 e. The van der Waals surface area contributed by atoms with Gasteiger partial charge in [-0.2, -0.15) is 0 Å². The summed E-state index contributed by atoms with van der Waals surface area (Å²) in [4.78, 5) is 4.24. The Hall–Kier alpha value is -0.420. The summed E-state index contributed by atoms with van der Waals surface area (Å²) in [5, 5.41) is 5.91. The van der Waals surface area contributed by atoms with Gasteiger partial charge in [-0.1, -0.05) is 13.8 Å². The molecule has 0 aromatic carbocycles. The van der Waals surface area contributed by atoms with E-state index in [0.29, 0.717) is 11.3 Å². The van der Waals surface area contributed by atoms with Crippen LogP contribution in [0.3, 0.4) is 0 Å². The number of fused-ring (bicyclic) bond motifs is 1. The van der Waals surface area contributed by atoms with Gasteiger partial charge in [-0.05, 0) is 42.3 Å². The van der Waals surface area contributed by atoms with Gasteiger partial charge in [-0.15, -0.1) is 11.3 Å². The molecule has 4 heteroatoms. The topological polar surface area (TPSA) is 24.5 Å². The average molecular weight is 308 g/mol. The molecule has 1 atom stereocenters. The van der Waals surface area contributed by atoms with Crippen molar-refractivity contribution in [3.05, 3.63) is 21.9 Å². The first-order chi connectivity index (χ1) is 10.2. The fourth-order valence-corrected chi connectivity index (χ4v) is 4.40. The quantitative estimate of drug-likeness (QED) is 0.874. The highest BCUT2D eigenvalue weighted by molar-refractivity contribution is 7.10. The lowest BCUT2D eigenvalue weighted by Crippen LogP contribution is -2.46. The van der Waals surface area contributed by atoms with Crippen molar-refractivity contribution in [2.75, 3.05) is 39.4 Å². The normalized spacial score (nSPS) is 26.4. The number of hydrogen-bond acceptors (Lipinski definition) is 4. The van der Waals surface area contributed by atoms with Gasteiger partial charge >= 0.3 is 0 Å². The van der Waals surface area contributed by atoms with Crippen molar-refractivity contribution < 1.29 is 4.74 Å². The van der Waals surface area contributed by atoms with Crippen molar-refractivity contribution in [2.24, 2.45) is 11.3 Å². The monoisotopic (exact) mass is 308 g/mol. The number of thiophene rings is 1. The number of hydrogen-bond donors (Lipinski definition) is 1. The summed E-state index contributed by atoms with van der Waals surface area (Å²) >= 11 is 1.92. The summed E-state index contributed by atoms with van der Waals surface area (Å²) in [6.07, 6.45) is 2.43. The van der Waals surface area contributed by atoms with Crippen LogP contribution in [0.1, 0.15) is 30.7 Å².